The highest BCUT2D eigenvalue weighted by atomic mass is 35.5. The molecule has 1 aliphatic carbocycles. The quantitative estimate of drug-likeness (QED) is 0.162. The van der Waals surface area contributed by atoms with Crippen molar-refractivity contribution in [3.63, 3.8) is 0 Å². The number of piperidine rings is 1. The number of nitrogens with zero attached hydrogens (tertiary/aromatic N) is 3. The molecule has 10 nitrogen and oxygen atoms in total. The number of fused-ring (bicyclic) bond motifs is 2. The molecule has 0 atom stereocenters. The van der Waals surface area contributed by atoms with Gasteiger partial charge < -0.3 is 5.32 Å². The Bertz CT molecular complexity index is 2070. The highest BCUT2D eigenvalue weighted by Gasteiger charge is 2.33. The van der Waals surface area contributed by atoms with Crippen LogP contribution in [0.4, 0.5) is 13.2 Å². The summed E-state index contributed by atoms with van der Waals surface area (Å²) in [7, 11) is -3.29. The summed E-state index contributed by atoms with van der Waals surface area (Å²) in [5.41, 5.74) is 6.99. The summed E-state index contributed by atoms with van der Waals surface area (Å²) in [4.78, 5) is 31.5. The molecule has 1 amide bonds. The first kappa shape index (κ1) is 43.6. The smallest absolute Gasteiger partial charge is 0.317 e. The standard InChI is InChI=1S/C26H22ClN3OS.C6H10F3NO.C3H8.C2H5NO3S/c1-16-15-32-25-20(11-12-28-24(16)25)22-14-19(27)10-9-18(22)6-5-13-30-17(2)29-23-8-4-3-7-21(23)26(30)31;7-6(8,9)11-5-1-3-10-4-2-5;1-3-2;1-7(5,6)3-2-4/h9-12,14-15H,3-4,7-8,13H2,1-2H3;5,10H,1-4H2;3H2,1-2H3;2H,1H3,(H,3,4). The summed E-state index contributed by atoms with van der Waals surface area (Å²) in [5, 5.41) is 5.74. The molecule has 0 saturated carbocycles. The van der Waals surface area contributed by atoms with Crippen molar-refractivity contribution in [2.75, 3.05) is 19.3 Å². The number of amides is 1. The van der Waals surface area contributed by atoms with E-state index in [1.165, 1.54) is 6.42 Å². The van der Waals surface area contributed by atoms with E-state index in [1.54, 1.807) is 20.6 Å². The van der Waals surface area contributed by atoms with E-state index in [-0.39, 0.29) is 12.0 Å². The van der Waals surface area contributed by atoms with Crippen molar-refractivity contribution in [2.24, 2.45) is 0 Å². The van der Waals surface area contributed by atoms with Crippen molar-refractivity contribution < 1.29 is 31.1 Å². The molecule has 4 heterocycles. The highest BCUT2D eigenvalue weighted by Crippen LogP contribution is 2.36. The SMILES string of the molecule is CCC.CS(=O)(=O)NC=O.Cc1csc2c(-c3cc(Cl)ccc3C#CCn3c(C)nc4c(c3=O)CCCC4)ccnc12.FC(F)(F)OC1CCNCC1. The van der Waals surface area contributed by atoms with Gasteiger partial charge in [0.25, 0.3) is 5.56 Å². The fourth-order valence-electron chi connectivity index (χ4n) is 5.51. The summed E-state index contributed by atoms with van der Waals surface area (Å²) in [6.07, 6.45) is 3.75. The first-order chi connectivity index (χ1) is 25.1. The Balaban J connectivity index is 0.000000295. The van der Waals surface area contributed by atoms with Gasteiger partial charge in [0.15, 0.2) is 0 Å². The van der Waals surface area contributed by atoms with Crippen molar-refractivity contribution >= 4 is 49.6 Å². The minimum atomic E-state index is -4.47. The average molecular weight is 796 g/mol. The van der Waals surface area contributed by atoms with Gasteiger partial charge in [-0.1, -0.05) is 43.7 Å². The third-order valence-electron chi connectivity index (χ3n) is 7.84. The Labute approximate surface area is 317 Å². The van der Waals surface area contributed by atoms with E-state index in [0.717, 1.165) is 81.5 Å². The maximum Gasteiger partial charge on any atom is 0.522 e. The number of pyridine rings is 1. The van der Waals surface area contributed by atoms with Crippen LogP contribution in [0.15, 0.2) is 40.6 Å². The lowest BCUT2D eigenvalue weighted by atomic mass is 9.97. The number of aromatic nitrogens is 3. The zero-order valence-electron chi connectivity index (χ0n) is 30.4. The molecule has 1 aromatic carbocycles. The van der Waals surface area contributed by atoms with Crippen LogP contribution < -0.4 is 15.6 Å². The summed E-state index contributed by atoms with van der Waals surface area (Å²) < 4.78 is 62.8. The normalized spacial score (nSPS) is 14.1. The molecule has 1 aliphatic heterocycles. The van der Waals surface area contributed by atoms with Gasteiger partial charge in [-0.3, -0.25) is 28.6 Å². The molecule has 288 valence electrons. The summed E-state index contributed by atoms with van der Waals surface area (Å²) in [6.45, 7) is 9.75. The van der Waals surface area contributed by atoms with Gasteiger partial charge in [-0.2, -0.15) is 0 Å². The molecular formula is C37H45ClF3N5O5S2. The van der Waals surface area contributed by atoms with Crippen LogP contribution in [0.1, 0.15) is 74.2 Å². The first-order valence-corrected chi connectivity index (χ1v) is 20.3. The van der Waals surface area contributed by atoms with Gasteiger partial charge in [0, 0.05) is 33.5 Å². The number of hydrogen-bond donors (Lipinski definition) is 2. The molecule has 6 rings (SSSR count). The van der Waals surface area contributed by atoms with E-state index in [9.17, 15) is 31.2 Å². The lowest BCUT2D eigenvalue weighted by molar-refractivity contribution is -0.344. The Morgan fingerprint density at radius 1 is 1.13 bits per heavy atom. The van der Waals surface area contributed by atoms with E-state index in [1.807, 2.05) is 37.4 Å². The molecule has 4 aromatic rings. The van der Waals surface area contributed by atoms with Gasteiger partial charge in [0.1, 0.15) is 5.82 Å². The molecule has 3 aromatic heterocycles. The van der Waals surface area contributed by atoms with Crippen molar-refractivity contribution in [1.29, 1.82) is 0 Å². The number of halogens is 4. The molecule has 1 saturated heterocycles. The van der Waals surface area contributed by atoms with Crippen LogP contribution in [0.2, 0.25) is 5.02 Å². The van der Waals surface area contributed by atoms with Crippen LogP contribution in [0, 0.1) is 25.7 Å². The maximum absolute atomic E-state index is 13.0. The van der Waals surface area contributed by atoms with Crippen molar-refractivity contribution in [1.82, 2.24) is 24.6 Å². The minimum Gasteiger partial charge on any atom is -0.317 e. The van der Waals surface area contributed by atoms with Gasteiger partial charge >= 0.3 is 6.36 Å². The van der Waals surface area contributed by atoms with E-state index < -0.39 is 22.5 Å². The molecule has 2 aliphatic rings. The highest BCUT2D eigenvalue weighted by molar-refractivity contribution is 7.89. The molecule has 53 heavy (non-hydrogen) atoms. The predicted molar refractivity (Wildman–Crippen MR) is 205 cm³/mol. The number of aryl methyl sites for hydroxylation is 3. The first-order valence-electron chi connectivity index (χ1n) is 17.1. The number of alkyl halides is 3. The van der Waals surface area contributed by atoms with E-state index in [4.69, 9.17) is 11.6 Å². The lowest BCUT2D eigenvalue weighted by Crippen LogP contribution is -2.35. The van der Waals surface area contributed by atoms with Gasteiger partial charge in [0.05, 0.1) is 34.8 Å². The largest absolute Gasteiger partial charge is 0.522 e. The molecule has 0 bridgehead atoms. The third kappa shape index (κ3) is 13.8. The number of thiophene rings is 1. The average Bonchev–Trinajstić information content (AvgIpc) is 3.47. The van der Waals surface area contributed by atoms with Crippen LogP contribution in [-0.4, -0.2) is 61.2 Å². The number of sulfonamides is 1. The second-order valence-corrected chi connectivity index (χ2v) is 15.5. The monoisotopic (exact) mass is 795 g/mol. The molecule has 16 heteroatoms. The van der Waals surface area contributed by atoms with Gasteiger partial charge in [-0.05, 0) is 101 Å². The second kappa shape index (κ2) is 20.6. The van der Waals surface area contributed by atoms with E-state index >= 15 is 0 Å². The molecule has 2 N–H and O–H groups in total. The summed E-state index contributed by atoms with van der Waals surface area (Å²) in [6, 6.07) is 7.76. The van der Waals surface area contributed by atoms with E-state index in [2.05, 4.69) is 58.0 Å². The number of rotatable bonds is 5. The number of hydrogen-bond acceptors (Lipinski definition) is 9. The lowest BCUT2D eigenvalue weighted by Gasteiger charge is -2.23. The summed E-state index contributed by atoms with van der Waals surface area (Å²) in [5.74, 6) is 7.22. The van der Waals surface area contributed by atoms with Crippen molar-refractivity contribution in [3.8, 4) is 23.0 Å². The molecular weight excluding hydrogens is 751 g/mol. The zero-order chi connectivity index (χ0) is 39.2. The van der Waals surface area contributed by atoms with Crippen LogP contribution in [0.25, 0.3) is 21.3 Å². The third-order valence-corrected chi connectivity index (χ3v) is 9.72. The maximum atomic E-state index is 13.0. The fraction of sp³-hybridized carbons (Fsp3) is 0.459. The number of ether oxygens (including phenoxy) is 1. The second-order valence-electron chi connectivity index (χ2n) is 12.4. The van der Waals surface area contributed by atoms with Crippen molar-refractivity contribution in [3.05, 3.63) is 79.4 Å². The molecule has 1 fully saturated rings. The Kier molecular flexibility index (Phi) is 16.9. The van der Waals surface area contributed by atoms with Crippen LogP contribution in [-0.2, 0) is 38.9 Å². The topological polar surface area (TPSA) is 132 Å². The molecule has 0 radical (unpaired) electrons. The number of benzene rings is 1. The molecule has 0 spiro atoms. The van der Waals surface area contributed by atoms with Crippen LogP contribution in [0.3, 0.4) is 0 Å². The summed E-state index contributed by atoms with van der Waals surface area (Å²) >= 11 is 8.03. The predicted octanol–water partition coefficient (Wildman–Crippen LogP) is 7.10. The van der Waals surface area contributed by atoms with Gasteiger partial charge in [-0.15, -0.1) is 24.5 Å². The van der Waals surface area contributed by atoms with Crippen LogP contribution in [0.5, 0.6) is 0 Å². The Morgan fingerprint density at radius 2 is 1.81 bits per heavy atom. The fourth-order valence-corrected chi connectivity index (χ4v) is 6.89. The number of carbonyl (C=O) groups excluding carboxylic acids is 1. The van der Waals surface area contributed by atoms with E-state index in [0.29, 0.717) is 37.5 Å². The van der Waals surface area contributed by atoms with Crippen LogP contribution >= 0.6 is 22.9 Å². The van der Waals surface area contributed by atoms with Gasteiger partial charge in [-0.25, -0.2) is 13.4 Å². The minimum absolute atomic E-state index is 0.0581. The zero-order valence-corrected chi connectivity index (χ0v) is 32.8. The number of nitrogens with one attached hydrogen (secondary N) is 2. The number of carbonyl (C=O) groups is 1. The Hall–Kier alpha value is -3.81. The van der Waals surface area contributed by atoms with Crippen molar-refractivity contribution in [2.45, 2.75) is 91.7 Å². The molecule has 0 unspecified atom stereocenters. The Morgan fingerprint density at radius 3 is 2.43 bits per heavy atom. The van der Waals surface area contributed by atoms with Gasteiger partial charge in [0.2, 0.25) is 16.4 Å².